The molecule has 0 aliphatic rings. The van der Waals surface area contributed by atoms with Crippen LogP contribution >= 0.6 is 0 Å². The first-order valence-electron chi connectivity index (χ1n) is 5.68. The fraction of sp³-hybridized carbons (Fsp3) is 0.231. The highest BCUT2D eigenvalue weighted by atomic mass is 16.4. The van der Waals surface area contributed by atoms with Crippen LogP contribution in [0.15, 0.2) is 41.0 Å². The zero-order valence-corrected chi connectivity index (χ0v) is 10.3. The molecule has 0 aliphatic carbocycles. The average Bonchev–Trinajstić information content (AvgIpc) is 2.88. The van der Waals surface area contributed by atoms with Crippen molar-refractivity contribution in [3.05, 3.63) is 47.9 Å². The van der Waals surface area contributed by atoms with Gasteiger partial charge in [-0.05, 0) is 12.5 Å². The molecule has 0 spiro atoms. The van der Waals surface area contributed by atoms with Gasteiger partial charge in [0.2, 0.25) is 0 Å². The molecule has 0 amide bonds. The van der Waals surface area contributed by atoms with E-state index in [0.717, 1.165) is 11.8 Å². The van der Waals surface area contributed by atoms with Gasteiger partial charge in [0, 0.05) is 0 Å². The van der Waals surface area contributed by atoms with Gasteiger partial charge in [0.25, 0.3) is 6.01 Å². The highest BCUT2D eigenvalue weighted by molar-refractivity contribution is 5.85. The van der Waals surface area contributed by atoms with Gasteiger partial charge in [-0.25, -0.2) is 4.79 Å². The summed E-state index contributed by atoms with van der Waals surface area (Å²) < 4.78 is 5.03. The van der Waals surface area contributed by atoms with Crippen LogP contribution in [-0.2, 0) is 5.54 Å². The molecule has 100 valence electrons. The summed E-state index contributed by atoms with van der Waals surface area (Å²) in [7, 11) is 0. The summed E-state index contributed by atoms with van der Waals surface area (Å²) in [6.45, 7) is 1.58. The predicted molar refractivity (Wildman–Crippen MR) is 68.0 cm³/mol. The van der Waals surface area contributed by atoms with E-state index in [-0.39, 0.29) is 18.3 Å². The maximum atomic E-state index is 10.7. The molecule has 0 radical (unpaired) electrons. The summed E-state index contributed by atoms with van der Waals surface area (Å²) in [5.74, 6) is -1.16. The van der Waals surface area contributed by atoms with Crippen molar-refractivity contribution >= 4 is 12.0 Å². The Bertz CT molecular complexity index is 567. The summed E-state index contributed by atoms with van der Waals surface area (Å²) in [4.78, 5) is 14.5. The Labute approximate surface area is 109 Å². The van der Waals surface area contributed by atoms with Crippen molar-refractivity contribution in [3.63, 3.8) is 0 Å². The van der Waals surface area contributed by atoms with Crippen molar-refractivity contribution in [2.24, 2.45) is 0 Å². The lowest BCUT2D eigenvalue weighted by Crippen LogP contribution is -2.36. The summed E-state index contributed by atoms with van der Waals surface area (Å²) in [6.07, 6.45) is 1.05. The van der Waals surface area contributed by atoms with Crippen LogP contribution in [0.5, 0.6) is 0 Å². The van der Waals surface area contributed by atoms with Crippen molar-refractivity contribution in [2.45, 2.75) is 12.5 Å². The molecule has 6 nitrogen and oxygen atoms in total. The van der Waals surface area contributed by atoms with Crippen LogP contribution in [0, 0.1) is 0 Å². The van der Waals surface area contributed by atoms with Crippen LogP contribution in [0.2, 0.25) is 0 Å². The summed E-state index contributed by atoms with van der Waals surface area (Å²) in [5.41, 5.74) is -0.148. The van der Waals surface area contributed by atoms with Gasteiger partial charge in [-0.1, -0.05) is 30.3 Å². The minimum Gasteiger partial charge on any atom is -0.476 e. The second-order valence-corrected chi connectivity index (χ2v) is 4.32. The van der Waals surface area contributed by atoms with Crippen LogP contribution in [0.3, 0.4) is 0 Å². The Morgan fingerprint density at radius 2 is 2.11 bits per heavy atom. The number of hydrogen-bond donors (Lipinski definition) is 3. The fourth-order valence-electron chi connectivity index (χ4n) is 1.67. The fourth-order valence-corrected chi connectivity index (χ4v) is 1.67. The lowest BCUT2D eigenvalue weighted by Gasteiger charge is -2.28. The quantitative estimate of drug-likeness (QED) is 0.759. The Morgan fingerprint density at radius 3 is 2.63 bits per heavy atom. The molecule has 6 heteroatoms. The van der Waals surface area contributed by atoms with Crippen LogP contribution in [0.25, 0.3) is 0 Å². The second-order valence-electron chi connectivity index (χ2n) is 4.32. The zero-order valence-electron chi connectivity index (χ0n) is 10.3. The molecule has 0 aliphatic heterocycles. The minimum atomic E-state index is -1.16. The molecule has 1 aromatic heterocycles. The van der Waals surface area contributed by atoms with E-state index in [1.807, 2.05) is 30.3 Å². The van der Waals surface area contributed by atoms with E-state index >= 15 is 0 Å². The molecule has 1 atom stereocenters. The number of rotatable bonds is 5. The molecule has 19 heavy (non-hydrogen) atoms. The molecule has 3 N–H and O–H groups in total. The second kappa shape index (κ2) is 5.11. The van der Waals surface area contributed by atoms with E-state index in [4.69, 9.17) is 9.52 Å². The number of aliphatic hydroxyl groups is 1. The third-order valence-electron chi connectivity index (χ3n) is 2.83. The average molecular weight is 262 g/mol. The lowest BCUT2D eigenvalue weighted by molar-refractivity contribution is 0.0690. The molecule has 2 rings (SSSR count). The smallest absolute Gasteiger partial charge is 0.357 e. The highest BCUT2D eigenvalue weighted by Crippen LogP contribution is 2.25. The third-order valence-corrected chi connectivity index (χ3v) is 2.83. The van der Waals surface area contributed by atoms with Crippen molar-refractivity contribution in [1.29, 1.82) is 0 Å². The van der Waals surface area contributed by atoms with E-state index in [1.54, 1.807) is 6.92 Å². The van der Waals surface area contributed by atoms with E-state index in [9.17, 15) is 9.90 Å². The summed E-state index contributed by atoms with van der Waals surface area (Å²) in [6, 6.07) is 9.33. The van der Waals surface area contributed by atoms with Crippen LogP contribution in [0.4, 0.5) is 6.01 Å². The van der Waals surface area contributed by atoms with Gasteiger partial charge in [0.1, 0.15) is 6.26 Å². The van der Waals surface area contributed by atoms with E-state index in [0.29, 0.717) is 0 Å². The first kappa shape index (κ1) is 13.1. The Morgan fingerprint density at radius 1 is 1.42 bits per heavy atom. The summed E-state index contributed by atoms with van der Waals surface area (Å²) in [5, 5.41) is 21.2. The molecule has 0 saturated heterocycles. The maximum Gasteiger partial charge on any atom is 0.357 e. The molecular weight excluding hydrogens is 248 g/mol. The Hall–Kier alpha value is -2.34. The predicted octanol–water partition coefficient (Wildman–Crippen LogP) is 1.69. The number of aliphatic hydroxyl groups excluding tert-OH is 1. The molecule has 1 aromatic carbocycles. The first-order valence-corrected chi connectivity index (χ1v) is 5.68. The molecule has 0 bridgehead atoms. The zero-order chi connectivity index (χ0) is 13.9. The molecular formula is C13H14N2O4. The number of nitrogens with one attached hydrogen (secondary N) is 1. The minimum absolute atomic E-state index is 0.0535. The molecule has 1 unspecified atom stereocenters. The van der Waals surface area contributed by atoms with Gasteiger partial charge in [0.05, 0.1) is 12.1 Å². The standard InChI is InChI=1S/C13H14N2O4/c1-13(8-16,9-5-3-2-4-6-9)15-12-14-10(7-19-12)11(17)18/h2-7,16H,8H2,1H3,(H,14,15)(H,17,18). The topological polar surface area (TPSA) is 95.6 Å². The van der Waals surface area contributed by atoms with Gasteiger partial charge < -0.3 is 19.9 Å². The van der Waals surface area contributed by atoms with Crippen LogP contribution < -0.4 is 5.32 Å². The van der Waals surface area contributed by atoms with Gasteiger partial charge in [-0.2, -0.15) is 4.98 Å². The molecule has 0 saturated carbocycles. The number of aromatic carboxylic acids is 1. The third kappa shape index (κ3) is 2.74. The largest absolute Gasteiger partial charge is 0.476 e. The summed E-state index contributed by atoms with van der Waals surface area (Å²) >= 11 is 0. The number of carboxylic acids is 1. The van der Waals surface area contributed by atoms with Crippen molar-refractivity contribution in [1.82, 2.24) is 4.98 Å². The van der Waals surface area contributed by atoms with E-state index < -0.39 is 11.5 Å². The Balaban J connectivity index is 2.25. The highest BCUT2D eigenvalue weighted by Gasteiger charge is 2.27. The monoisotopic (exact) mass is 262 g/mol. The van der Waals surface area contributed by atoms with Gasteiger partial charge in [-0.3, -0.25) is 0 Å². The normalized spacial score (nSPS) is 13.8. The first-order chi connectivity index (χ1) is 9.05. The van der Waals surface area contributed by atoms with E-state index in [2.05, 4.69) is 10.3 Å². The van der Waals surface area contributed by atoms with Crippen LogP contribution in [-0.4, -0.2) is 27.8 Å². The van der Waals surface area contributed by atoms with Crippen molar-refractivity contribution < 1.29 is 19.4 Å². The van der Waals surface area contributed by atoms with Crippen LogP contribution in [0.1, 0.15) is 23.0 Å². The number of carboxylic acid groups (broad SMARTS) is 1. The number of nitrogens with zero attached hydrogens (tertiary/aromatic N) is 1. The van der Waals surface area contributed by atoms with E-state index in [1.165, 1.54) is 0 Å². The lowest BCUT2D eigenvalue weighted by atomic mass is 9.93. The number of anilines is 1. The number of oxazole rings is 1. The van der Waals surface area contributed by atoms with Crippen molar-refractivity contribution in [2.75, 3.05) is 11.9 Å². The molecule has 1 heterocycles. The number of carbonyl (C=O) groups is 1. The molecule has 0 fully saturated rings. The number of hydrogen-bond acceptors (Lipinski definition) is 5. The number of benzene rings is 1. The van der Waals surface area contributed by atoms with Crippen molar-refractivity contribution in [3.8, 4) is 0 Å². The number of aromatic nitrogens is 1. The Kier molecular flexibility index (Phi) is 3.52. The van der Waals surface area contributed by atoms with Gasteiger partial charge >= 0.3 is 5.97 Å². The molecule has 2 aromatic rings. The SMILES string of the molecule is CC(CO)(Nc1nc(C(=O)O)co1)c1ccccc1. The van der Waals surface area contributed by atoms with Gasteiger partial charge in [-0.15, -0.1) is 0 Å². The van der Waals surface area contributed by atoms with Gasteiger partial charge in [0.15, 0.2) is 5.69 Å². The maximum absolute atomic E-state index is 10.7.